The maximum atomic E-state index is 11.7. The molecule has 0 radical (unpaired) electrons. The molecule has 0 unspecified atom stereocenters. The molecule has 1 aliphatic carbocycles. The summed E-state index contributed by atoms with van der Waals surface area (Å²) in [6.45, 7) is 1.98. The number of aryl methyl sites for hydroxylation is 1. The van der Waals surface area contributed by atoms with Gasteiger partial charge in [0.1, 0.15) is 6.33 Å². The Morgan fingerprint density at radius 3 is 2.75 bits per heavy atom. The van der Waals surface area contributed by atoms with Crippen LogP contribution in [-0.2, 0) is 7.05 Å². The molecule has 1 heterocycles. The number of carbonyl (C=O) groups is 1. The van der Waals surface area contributed by atoms with E-state index in [9.17, 15) is 4.79 Å². The molecule has 1 saturated carbocycles. The van der Waals surface area contributed by atoms with E-state index in [4.69, 9.17) is 0 Å². The minimum absolute atomic E-state index is 0.127. The van der Waals surface area contributed by atoms with Gasteiger partial charge in [0.15, 0.2) is 5.82 Å². The Hall–Kier alpha value is -1.19. The maximum absolute atomic E-state index is 11.7. The SMILES string of the molecule is Cn1ncnc1C(=O)C1(C)CC1. The average molecular weight is 165 g/mol. The molecule has 64 valence electrons. The van der Waals surface area contributed by atoms with E-state index in [1.807, 2.05) is 6.92 Å². The van der Waals surface area contributed by atoms with Gasteiger partial charge in [-0.15, -0.1) is 0 Å². The monoisotopic (exact) mass is 165 g/mol. The zero-order valence-corrected chi connectivity index (χ0v) is 7.24. The number of carbonyl (C=O) groups excluding carboxylic acids is 1. The molecule has 2 rings (SSSR count). The quantitative estimate of drug-likeness (QED) is 0.609. The fourth-order valence-corrected chi connectivity index (χ4v) is 1.19. The number of rotatable bonds is 2. The van der Waals surface area contributed by atoms with Gasteiger partial charge < -0.3 is 0 Å². The highest BCUT2D eigenvalue weighted by Gasteiger charge is 2.46. The summed E-state index contributed by atoms with van der Waals surface area (Å²) < 4.78 is 1.53. The van der Waals surface area contributed by atoms with Crippen molar-refractivity contribution in [3.8, 4) is 0 Å². The van der Waals surface area contributed by atoms with Crippen molar-refractivity contribution in [2.24, 2.45) is 12.5 Å². The van der Waals surface area contributed by atoms with Crippen molar-refractivity contribution in [1.82, 2.24) is 14.8 Å². The van der Waals surface area contributed by atoms with Crippen LogP contribution in [0.2, 0.25) is 0 Å². The van der Waals surface area contributed by atoms with E-state index in [1.54, 1.807) is 7.05 Å². The highest BCUT2D eigenvalue weighted by Crippen LogP contribution is 2.47. The molecule has 0 aliphatic heterocycles. The lowest BCUT2D eigenvalue weighted by atomic mass is 10.0. The Balaban J connectivity index is 2.31. The van der Waals surface area contributed by atoms with Crippen molar-refractivity contribution >= 4 is 5.78 Å². The molecule has 1 aromatic rings. The van der Waals surface area contributed by atoms with Crippen molar-refractivity contribution in [3.05, 3.63) is 12.2 Å². The van der Waals surface area contributed by atoms with E-state index in [1.165, 1.54) is 11.0 Å². The molecule has 0 atom stereocenters. The van der Waals surface area contributed by atoms with Gasteiger partial charge in [0.25, 0.3) is 0 Å². The summed E-state index contributed by atoms with van der Waals surface area (Å²) in [5, 5.41) is 3.86. The van der Waals surface area contributed by atoms with Gasteiger partial charge in [0.2, 0.25) is 5.78 Å². The van der Waals surface area contributed by atoms with E-state index < -0.39 is 0 Å². The zero-order chi connectivity index (χ0) is 8.77. The van der Waals surface area contributed by atoms with Gasteiger partial charge in [-0.05, 0) is 12.8 Å². The molecular formula is C8H11N3O. The van der Waals surface area contributed by atoms with Crippen molar-refractivity contribution in [2.45, 2.75) is 19.8 Å². The largest absolute Gasteiger partial charge is 0.290 e. The number of nitrogens with zero attached hydrogens (tertiary/aromatic N) is 3. The first-order chi connectivity index (χ1) is 5.63. The van der Waals surface area contributed by atoms with Crippen LogP contribution < -0.4 is 0 Å². The first kappa shape index (κ1) is 7.46. The molecule has 0 N–H and O–H groups in total. The van der Waals surface area contributed by atoms with Gasteiger partial charge in [-0.3, -0.25) is 4.79 Å². The second-order valence-corrected chi connectivity index (χ2v) is 3.60. The van der Waals surface area contributed by atoms with Crippen LogP contribution in [-0.4, -0.2) is 20.5 Å². The Bertz CT molecular complexity index is 325. The molecule has 1 fully saturated rings. The van der Waals surface area contributed by atoms with Crippen LogP contribution in [0.3, 0.4) is 0 Å². The standard InChI is InChI=1S/C8H11N3O/c1-8(3-4-8)6(12)7-9-5-10-11(7)2/h5H,3-4H2,1-2H3. The lowest BCUT2D eigenvalue weighted by molar-refractivity contribution is 0.0897. The second kappa shape index (κ2) is 2.15. The zero-order valence-electron chi connectivity index (χ0n) is 7.24. The molecule has 0 aromatic carbocycles. The van der Waals surface area contributed by atoms with Crippen LogP contribution in [0.1, 0.15) is 30.4 Å². The van der Waals surface area contributed by atoms with Crippen LogP contribution in [0.5, 0.6) is 0 Å². The molecular weight excluding hydrogens is 154 g/mol. The molecule has 0 bridgehead atoms. The van der Waals surface area contributed by atoms with Crippen molar-refractivity contribution in [1.29, 1.82) is 0 Å². The highest BCUT2D eigenvalue weighted by molar-refractivity contribution is 5.99. The van der Waals surface area contributed by atoms with Crippen LogP contribution >= 0.6 is 0 Å². The molecule has 0 spiro atoms. The van der Waals surface area contributed by atoms with Crippen LogP contribution in [0.15, 0.2) is 6.33 Å². The lowest BCUT2D eigenvalue weighted by Crippen LogP contribution is -2.17. The summed E-state index contributed by atoms with van der Waals surface area (Å²) >= 11 is 0. The summed E-state index contributed by atoms with van der Waals surface area (Å²) in [5.74, 6) is 0.609. The molecule has 1 aliphatic rings. The minimum atomic E-state index is -0.138. The van der Waals surface area contributed by atoms with Crippen molar-refractivity contribution in [2.75, 3.05) is 0 Å². The Morgan fingerprint density at radius 1 is 1.67 bits per heavy atom. The maximum Gasteiger partial charge on any atom is 0.205 e. The molecule has 0 saturated heterocycles. The van der Waals surface area contributed by atoms with E-state index in [0.717, 1.165) is 12.8 Å². The first-order valence-corrected chi connectivity index (χ1v) is 4.02. The summed E-state index contributed by atoms with van der Waals surface area (Å²) in [7, 11) is 1.74. The normalized spacial score (nSPS) is 19.2. The molecule has 12 heavy (non-hydrogen) atoms. The van der Waals surface area contributed by atoms with E-state index in [0.29, 0.717) is 5.82 Å². The third-order valence-corrected chi connectivity index (χ3v) is 2.46. The second-order valence-electron chi connectivity index (χ2n) is 3.60. The Kier molecular flexibility index (Phi) is 1.34. The molecule has 4 heteroatoms. The molecule has 0 amide bonds. The van der Waals surface area contributed by atoms with Crippen LogP contribution in [0.25, 0.3) is 0 Å². The minimum Gasteiger partial charge on any atom is -0.290 e. The lowest BCUT2D eigenvalue weighted by Gasteiger charge is -2.04. The van der Waals surface area contributed by atoms with Gasteiger partial charge in [-0.1, -0.05) is 6.92 Å². The molecule has 1 aromatic heterocycles. The van der Waals surface area contributed by atoms with E-state index in [-0.39, 0.29) is 11.2 Å². The fourth-order valence-electron chi connectivity index (χ4n) is 1.19. The third-order valence-electron chi connectivity index (χ3n) is 2.46. The first-order valence-electron chi connectivity index (χ1n) is 4.02. The van der Waals surface area contributed by atoms with Crippen molar-refractivity contribution < 1.29 is 4.79 Å². The topological polar surface area (TPSA) is 47.8 Å². The summed E-state index contributed by atoms with van der Waals surface area (Å²) in [6.07, 6.45) is 3.39. The predicted molar refractivity (Wildman–Crippen MR) is 42.7 cm³/mol. The number of ketones is 1. The summed E-state index contributed by atoms with van der Waals surface area (Å²) in [4.78, 5) is 15.6. The van der Waals surface area contributed by atoms with E-state index in [2.05, 4.69) is 10.1 Å². The third kappa shape index (κ3) is 0.948. The van der Waals surface area contributed by atoms with E-state index >= 15 is 0 Å². The number of hydrogen-bond donors (Lipinski definition) is 0. The van der Waals surface area contributed by atoms with Crippen molar-refractivity contribution in [3.63, 3.8) is 0 Å². The molecule has 4 nitrogen and oxygen atoms in total. The smallest absolute Gasteiger partial charge is 0.205 e. The van der Waals surface area contributed by atoms with Gasteiger partial charge in [-0.25, -0.2) is 9.67 Å². The summed E-state index contributed by atoms with van der Waals surface area (Å²) in [6, 6.07) is 0. The van der Waals surface area contributed by atoms with Gasteiger partial charge in [0.05, 0.1) is 0 Å². The number of hydrogen-bond acceptors (Lipinski definition) is 3. The predicted octanol–water partition coefficient (Wildman–Crippen LogP) is 0.798. The highest BCUT2D eigenvalue weighted by atomic mass is 16.1. The Morgan fingerprint density at radius 2 is 2.33 bits per heavy atom. The van der Waals surface area contributed by atoms with Crippen LogP contribution in [0.4, 0.5) is 0 Å². The van der Waals surface area contributed by atoms with Gasteiger partial charge in [0, 0.05) is 12.5 Å². The van der Waals surface area contributed by atoms with Crippen LogP contribution in [0, 0.1) is 5.41 Å². The number of aromatic nitrogens is 3. The number of Topliss-reactive ketones (excluding diaryl/α,β-unsaturated/α-hetero) is 1. The van der Waals surface area contributed by atoms with Gasteiger partial charge in [-0.2, -0.15) is 5.10 Å². The van der Waals surface area contributed by atoms with Gasteiger partial charge >= 0.3 is 0 Å². The Labute approximate surface area is 70.6 Å². The summed E-state index contributed by atoms with van der Waals surface area (Å²) in [5.41, 5.74) is -0.138. The fraction of sp³-hybridized carbons (Fsp3) is 0.625. The average Bonchev–Trinajstić information content (AvgIpc) is 2.63.